The van der Waals surface area contributed by atoms with E-state index < -0.39 is 0 Å². The van der Waals surface area contributed by atoms with Crippen LogP contribution < -0.4 is 5.32 Å². The summed E-state index contributed by atoms with van der Waals surface area (Å²) in [5.74, 6) is 0. The Morgan fingerprint density at radius 2 is 1.82 bits per heavy atom. The molecule has 2 unspecified atom stereocenters. The second-order valence-corrected chi connectivity index (χ2v) is 4.82. The molecule has 1 fully saturated rings. The summed E-state index contributed by atoms with van der Waals surface area (Å²) in [7, 11) is 0. The van der Waals surface area contributed by atoms with Crippen LogP contribution in [0.2, 0.25) is 0 Å². The average molecular weight is 243 g/mol. The lowest BCUT2D eigenvalue weighted by Crippen LogP contribution is -2.41. The van der Waals surface area contributed by atoms with E-state index in [0.29, 0.717) is 12.1 Å². The Hall–Kier alpha value is -0.120. The van der Waals surface area contributed by atoms with Crippen LogP contribution in [0.1, 0.15) is 52.4 Å². The molecule has 0 bridgehead atoms. The van der Waals surface area contributed by atoms with Gasteiger partial charge in [0, 0.05) is 12.6 Å². The molecule has 0 heterocycles. The molecule has 0 aromatic heterocycles. The molecule has 1 aliphatic carbocycles. The van der Waals surface area contributed by atoms with Gasteiger partial charge in [-0.25, -0.2) is 0 Å². The monoisotopic (exact) mass is 243 g/mol. The first-order chi connectivity index (χ1) is 8.38. The topological polar surface area (TPSA) is 30.5 Å². The van der Waals surface area contributed by atoms with Gasteiger partial charge < -0.3 is 14.8 Å². The maximum atomic E-state index is 5.99. The van der Waals surface area contributed by atoms with Crippen molar-refractivity contribution in [2.75, 3.05) is 26.4 Å². The van der Waals surface area contributed by atoms with Gasteiger partial charge in [-0.3, -0.25) is 0 Å². The van der Waals surface area contributed by atoms with E-state index in [0.717, 1.165) is 32.8 Å². The molecule has 0 saturated heterocycles. The van der Waals surface area contributed by atoms with Gasteiger partial charge in [0.15, 0.2) is 0 Å². The molecule has 1 rings (SSSR count). The summed E-state index contributed by atoms with van der Waals surface area (Å²) in [4.78, 5) is 0. The number of rotatable bonds is 8. The highest BCUT2D eigenvalue weighted by atomic mass is 16.5. The number of nitrogens with one attached hydrogen (secondary N) is 1. The highest BCUT2D eigenvalue weighted by Gasteiger charge is 2.23. The Kier molecular flexibility index (Phi) is 8.67. The predicted molar refractivity (Wildman–Crippen MR) is 71.4 cm³/mol. The molecule has 0 aliphatic heterocycles. The minimum Gasteiger partial charge on any atom is -0.379 e. The Morgan fingerprint density at radius 3 is 2.59 bits per heavy atom. The van der Waals surface area contributed by atoms with E-state index >= 15 is 0 Å². The fourth-order valence-electron chi connectivity index (χ4n) is 2.47. The highest BCUT2D eigenvalue weighted by Crippen LogP contribution is 2.20. The van der Waals surface area contributed by atoms with Crippen molar-refractivity contribution in [1.82, 2.24) is 5.32 Å². The van der Waals surface area contributed by atoms with Crippen molar-refractivity contribution in [3.8, 4) is 0 Å². The highest BCUT2D eigenvalue weighted by molar-refractivity contribution is 4.79. The Labute approximate surface area is 106 Å². The summed E-state index contributed by atoms with van der Waals surface area (Å²) in [6.07, 6.45) is 7.94. The van der Waals surface area contributed by atoms with Gasteiger partial charge in [0.2, 0.25) is 0 Å². The molecule has 0 spiro atoms. The normalized spacial score (nSPS) is 25.8. The van der Waals surface area contributed by atoms with Gasteiger partial charge in [-0.15, -0.1) is 0 Å². The van der Waals surface area contributed by atoms with Crippen molar-refractivity contribution in [1.29, 1.82) is 0 Å². The van der Waals surface area contributed by atoms with Crippen LogP contribution in [0, 0.1) is 0 Å². The van der Waals surface area contributed by atoms with Crippen molar-refractivity contribution in [3.63, 3.8) is 0 Å². The first kappa shape index (κ1) is 14.9. The molecule has 1 N–H and O–H groups in total. The standard InChI is InChI=1S/C14H29NO2/c1-3-10-16-11-12-17-14-9-7-5-6-8-13(14)15-4-2/h13-15H,3-12H2,1-2H3. The average Bonchev–Trinajstić information content (AvgIpc) is 2.55. The van der Waals surface area contributed by atoms with Gasteiger partial charge in [0.25, 0.3) is 0 Å². The maximum absolute atomic E-state index is 5.99. The van der Waals surface area contributed by atoms with E-state index in [2.05, 4.69) is 19.2 Å². The zero-order chi connectivity index (χ0) is 12.3. The molecule has 2 atom stereocenters. The van der Waals surface area contributed by atoms with Crippen LogP contribution in [-0.4, -0.2) is 38.5 Å². The Morgan fingerprint density at radius 1 is 1.00 bits per heavy atom. The smallest absolute Gasteiger partial charge is 0.0729 e. The number of likely N-dealkylation sites (N-methyl/N-ethyl adjacent to an activating group) is 1. The summed E-state index contributed by atoms with van der Waals surface area (Å²) >= 11 is 0. The van der Waals surface area contributed by atoms with Crippen molar-refractivity contribution in [2.24, 2.45) is 0 Å². The van der Waals surface area contributed by atoms with E-state index in [1.165, 1.54) is 32.1 Å². The van der Waals surface area contributed by atoms with E-state index in [1.54, 1.807) is 0 Å². The molecule has 1 saturated carbocycles. The number of hydrogen-bond donors (Lipinski definition) is 1. The van der Waals surface area contributed by atoms with Gasteiger partial charge in [-0.1, -0.05) is 33.1 Å². The van der Waals surface area contributed by atoms with Gasteiger partial charge in [-0.2, -0.15) is 0 Å². The van der Waals surface area contributed by atoms with Crippen LogP contribution in [0.25, 0.3) is 0 Å². The van der Waals surface area contributed by atoms with E-state index in [9.17, 15) is 0 Å². The van der Waals surface area contributed by atoms with Crippen molar-refractivity contribution >= 4 is 0 Å². The molecule has 3 nitrogen and oxygen atoms in total. The summed E-state index contributed by atoms with van der Waals surface area (Å²) < 4.78 is 11.4. The molecule has 3 heteroatoms. The van der Waals surface area contributed by atoms with Crippen LogP contribution in [0.3, 0.4) is 0 Å². The summed E-state index contributed by atoms with van der Waals surface area (Å²) in [6, 6.07) is 0.550. The third-order valence-electron chi connectivity index (χ3n) is 3.33. The molecule has 0 radical (unpaired) electrons. The van der Waals surface area contributed by atoms with Gasteiger partial charge in [0.05, 0.1) is 19.3 Å². The fraction of sp³-hybridized carbons (Fsp3) is 1.00. The van der Waals surface area contributed by atoms with Crippen LogP contribution in [0.5, 0.6) is 0 Å². The first-order valence-corrected chi connectivity index (χ1v) is 7.31. The fourth-order valence-corrected chi connectivity index (χ4v) is 2.47. The maximum Gasteiger partial charge on any atom is 0.0729 e. The lowest BCUT2D eigenvalue weighted by molar-refractivity contribution is -0.0139. The summed E-state index contributed by atoms with van der Waals surface area (Å²) in [5, 5.41) is 3.56. The number of hydrogen-bond acceptors (Lipinski definition) is 3. The van der Waals surface area contributed by atoms with Crippen LogP contribution in [-0.2, 0) is 9.47 Å². The molecule has 0 amide bonds. The number of ether oxygens (including phenoxy) is 2. The zero-order valence-electron chi connectivity index (χ0n) is 11.5. The van der Waals surface area contributed by atoms with E-state index in [1.807, 2.05) is 0 Å². The lowest BCUT2D eigenvalue weighted by Gasteiger charge is -2.26. The van der Waals surface area contributed by atoms with E-state index in [4.69, 9.17) is 9.47 Å². The van der Waals surface area contributed by atoms with Crippen molar-refractivity contribution < 1.29 is 9.47 Å². The van der Waals surface area contributed by atoms with Gasteiger partial charge in [0.1, 0.15) is 0 Å². The molecular formula is C14H29NO2. The Balaban J connectivity index is 2.20. The third-order valence-corrected chi connectivity index (χ3v) is 3.33. The Bertz CT molecular complexity index is 176. The molecule has 17 heavy (non-hydrogen) atoms. The molecule has 0 aromatic carbocycles. The second-order valence-electron chi connectivity index (χ2n) is 4.82. The molecule has 0 aromatic rings. The minimum atomic E-state index is 0.391. The van der Waals surface area contributed by atoms with Crippen LogP contribution >= 0.6 is 0 Å². The molecular weight excluding hydrogens is 214 g/mol. The van der Waals surface area contributed by atoms with Crippen LogP contribution in [0.15, 0.2) is 0 Å². The van der Waals surface area contributed by atoms with Crippen molar-refractivity contribution in [3.05, 3.63) is 0 Å². The quantitative estimate of drug-likeness (QED) is 0.525. The predicted octanol–water partition coefficient (Wildman–Crippen LogP) is 2.74. The van der Waals surface area contributed by atoms with E-state index in [-0.39, 0.29) is 0 Å². The first-order valence-electron chi connectivity index (χ1n) is 7.31. The van der Waals surface area contributed by atoms with Gasteiger partial charge >= 0.3 is 0 Å². The third kappa shape index (κ3) is 6.39. The van der Waals surface area contributed by atoms with Crippen LogP contribution in [0.4, 0.5) is 0 Å². The SMILES string of the molecule is CCCOCCOC1CCCCCC1NCC. The second kappa shape index (κ2) is 9.86. The lowest BCUT2D eigenvalue weighted by atomic mass is 10.1. The largest absolute Gasteiger partial charge is 0.379 e. The summed E-state index contributed by atoms with van der Waals surface area (Å²) in [5.41, 5.74) is 0. The van der Waals surface area contributed by atoms with Crippen molar-refractivity contribution in [2.45, 2.75) is 64.5 Å². The molecule has 1 aliphatic rings. The summed E-state index contributed by atoms with van der Waals surface area (Å²) in [6.45, 7) is 7.68. The minimum absolute atomic E-state index is 0.391. The molecule has 102 valence electrons. The zero-order valence-corrected chi connectivity index (χ0v) is 11.5. The van der Waals surface area contributed by atoms with Gasteiger partial charge in [-0.05, 0) is 25.8 Å².